The summed E-state index contributed by atoms with van der Waals surface area (Å²) in [6.45, 7) is 2.04. The summed E-state index contributed by atoms with van der Waals surface area (Å²) >= 11 is 8.84. The number of amides is 1. The minimum Gasteiger partial charge on any atom is -0.301 e. The summed E-state index contributed by atoms with van der Waals surface area (Å²) in [6.07, 6.45) is 0. The lowest BCUT2D eigenvalue weighted by Crippen LogP contribution is -2.13. The number of hydrogen-bond donors (Lipinski definition) is 1. The summed E-state index contributed by atoms with van der Waals surface area (Å²) in [4.78, 5) is 17.7. The smallest absolute Gasteiger partial charge is 0.236 e. The van der Waals surface area contributed by atoms with Gasteiger partial charge in [-0.2, -0.15) is 0 Å². The number of carbonyl (C=O) groups is 1. The molecular weight excluding hydrogens is 360 g/mol. The van der Waals surface area contributed by atoms with E-state index in [2.05, 4.69) is 10.3 Å². The molecule has 0 saturated heterocycles. The SMILES string of the molecule is Cc1ccccc1SCC(=O)Nc1nc(-c2ccc(Cl)cc2)cs1. The molecule has 0 aliphatic carbocycles. The number of rotatable bonds is 5. The molecule has 0 atom stereocenters. The van der Waals surface area contributed by atoms with Gasteiger partial charge in [0.25, 0.3) is 0 Å². The number of anilines is 1. The molecule has 1 N–H and O–H groups in total. The number of thioether (sulfide) groups is 1. The number of thiazole rings is 1. The summed E-state index contributed by atoms with van der Waals surface area (Å²) in [5, 5.41) is 6.08. The van der Waals surface area contributed by atoms with Gasteiger partial charge in [-0.05, 0) is 30.7 Å². The third-order valence-electron chi connectivity index (χ3n) is 3.34. The quantitative estimate of drug-likeness (QED) is 0.599. The van der Waals surface area contributed by atoms with E-state index in [1.54, 1.807) is 0 Å². The Bertz CT molecular complexity index is 846. The Morgan fingerprint density at radius 3 is 2.71 bits per heavy atom. The molecule has 1 aromatic heterocycles. The first-order valence-corrected chi connectivity index (χ1v) is 9.56. The predicted octanol–water partition coefficient (Wildman–Crippen LogP) is 5.50. The first kappa shape index (κ1) is 17.0. The zero-order valence-electron chi connectivity index (χ0n) is 13.0. The van der Waals surface area contributed by atoms with Crippen molar-refractivity contribution in [1.82, 2.24) is 4.98 Å². The fraction of sp³-hybridized carbons (Fsp3) is 0.111. The van der Waals surface area contributed by atoms with Gasteiger partial charge in [0, 0.05) is 20.9 Å². The molecule has 0 fully saturated rings. The lowest BCUT2D eigenvalue weighted by Gasteiger charge is -2.04. The lowest BCUT2D eigenvalue weighted by atomic mass is 10.2. The van der Waals surface area contributed by atoms with Gasteiger partial charge in [0.2, 0.25) is 5.91 Å². The molecule has 0 radical (unpaired) electrons. The van der Waals surface area contributed by atoms with E-state index in [0.29, 0.717) is 15.9 Å². The van der Waals surface area contributed by atoms with Gasteiger partial charge in [0.05, 0.1) is 11.4 Å². The largest absolute Gasteiger partial charge is 0.301 e. The molecule has 2 aromatic carbocycles. The molecule has 0 spiro atoms. The second kappa shape index (κ2) is 7.83. The van der Waals surface area contributed by atoms with Gasteiger partial charge in [0.15, 0.2) is 5.13 Å². The molecule has 3 aromatic rings. The fourth-order valence-corrected chi connectivity index (χ4v) is 3.79. The topological polar surface area (TPSA) is 42.0 Å². The molecule has 1 heterocycles. The van der Waals surface area contributed by atoms with E-state index < -0.39 is 0 Å². The maximum Gasteiger partial charge on any atom is 0.236 e. The first-order valence-electron chi connectivity index (χ1n) is 7.31. The minimum atomic E-state index is -0.0553. The summed E-state index contributed by atoms with van der Waals surface area (Å²) in [7, 11) is 0. The molecule has 0 aliphatic heterocycles. The van der Waals surface area contributed by atoms with Crippen LogP contribution in [0.25, 0.3) is 11.3 Å². The number of hydrogen-bond acceptors (Lipinski definition) is 4. The number of aromatic nitrogens is 1. The molecular formula is C18H15ClN2OS2. The summed E-state index contributed by atoms with van der Waals surface area (Å²) in [5.41, 5.74) is 2.98. The normalized spacial score (nSPS) is 10.6. The van der Waals surface area contributed by atoms with Gasteiger partial charge < -0.3 is 5.32 Å². The third kappa shape index (κ3) is 4.38. The zero-order chi connectivity index (χ0) is 16.9. The molecule has 122 valence electrons. The molecule has 3 nitrogen and oxygen atoms in total. The number of carbonyl (C=O) groups excluding carboxylic acids is 1. The van der Waals surface area contributed by atoms with Gasteiger partial charge >= 0.3 is 0 Å². The van der Waals surface area contributed by atoms with Crippen LogP contribution in [0.15, 0.2) is 58.8 Å². The summed E-state index contributed by atoms with van der Waals surface area (Å²) in [5.74, 6) is 0.307. The van der Waals surface area contributed by atoms with Crippen LogP contribution < -0.4 is 5.32 Å². The van der Waals surface area contributed by atoms with Gasteiger partial charge in [-0.1, -0.05) is 41.9 Å². The van der Waals surface area contributed by atoms with E-state index in [0.717, 1.165) is 16.2 Å². The second-order valence-electron chi connectivity index (χ2n) is 5.15. The van der Waals surface area contributed by atoms with Gasteiger partial charge in [0.1, 0.15) is 0 Å². The number of nitrogens with zero attached hydrogens (tertiary/aromatic N) is 1. The number of aryl methyl sites for hydroxylation is 1. The highest BCUT2D eigenvalue weighted by Crippen LogP contribution is 2.26. The van der Waals surface area contributed by atoms with Crippen molar-refractivity contribution >= 4 is 45.7 Å². The highest BCUT2D eigenvalue weighted by molar-refractivity contribution is 8.00. The molecule has 6 heteroatoms. The summed E-state index contributed by atoms with van der Waals surface area (Å²) in [6, 6.07) is 15.5. The third-order valence-corrected chi connectivity index (χ3v) is 5.53. The molecule has 0 aliphatic rings. The van der Waals surface area contributed by atoms with Gasteiger partial charge in [-0.15, -0.1) is 23.1 Å². The van der Waals surface area contributed by atoms with Crippen LogP contribution in [-0.2, 0) is 4.79 Å². The minimum absolute atomic E-state index is 0.0553. The van der Waals surface area contributed by atoms with Crippen LogP contribution in [0.4, 0.5) is 5.13 Å². The van der Waals surface area contributed by atoms with E-state index in [-0.39, 0.29) is 5.91 Å². The highest BCUT2D eigenvalue weighted by Gasteiger charge is 2.09. The maximum atomic E-state index is 12.1. The Balaban J connectivity index is 1.59. The Kier molecular flexibility index (Phi) is 5.56. The van der Waals surface area contributed by atoms with Crippen molar-refractivity contribution in [3.05, 3.63) is 64.5 Å². The number of nitrogens with one attached hydrogen (secondary N) is 1. The molecule has 0 bridgehead atoms. The van der Waals surface area contributed by atoms with Crippen molar-refractivity contribution in [2.75, 3.05) is 11.1 Å². The lowest BCUT2D eigenvalue weighted by molar-refractivity contribution is -0.113. The van der Waals surface area contributed by atoms with Gasteiger partial charge in [-0.25, -0.2) is 4.98 Å². The molecule has 0 unspecified atom stereocenters. The maximum absolute atomic E-state index is 12.1. The van der Waals surface area contributed by atoms with Gasteiger partial charge in [-0.3, -0.25) is 4.79 Å². The van der Waals surface area contributed by atoms with E-state index in [1.165, 1.54) is 28.7 Å². The number of halogens is 1. The van der Waals surface area contributed by atoms with Crippen LogP contribution in [0.3, 0.4) is 0 Å². The Morgan fingerprint density at radius 1 is 1.21 bits per heavy atom. The fourth-order valence-electron chi connectivity index (χ4n) is 2.10. The van der Waals surface area contributed by atoms with Crippen molar-refractivity contribution in [1.29, 1.82) is 0 Å². The first-order chi connectivity index (χ1) is 11.6. The predicted molar refractivity (Wildman–Crippen MR) is 103 cm³/mol. The van der Waals surface area contributed by atoms with Crippen molar-refractivity contribution < 1.29 is 4.79 Å². The Hall–Kier alpha value is -1.82. The van der Waals surface area contributed by atoms with Crippen LogP contribution >= 0.6 is 34.7 Å². The average molecular weight is 375 g/mol. The average Bonchev–Trinajstić information content (AvgIpc) is 3.03. The Morgan fingerprint density at radius 2 is 1.96 bits per heavy atom. The van der Waals surface area contributed by atoms with Crippen molar-refractivity contribution in [2.45, 2.75) is 11.8 Å². The van der Waals surface area contributed by atoms with E-state index in [9.17, 15) is 4.79 Å². The van der Waals surface area contributed by atoms with Crippen LogP contribution in [0.2, 0.25) is 5.02 Å². The van der Waals surface area contributed by atoms with E-state index in [1.807, 2.05) is 60.8 Å². The standard InChI is InChI=1S/C18H15ClN2OS2/c1-12-4-2-3-5-16(12)23-11-17(22)21-18-20-15(10-24-18)13-6-8-14(19)9-7-13/h2-10H,11H2,1H3,(H,20,21,22). The molecule has 0 saturated carbocycles. The molecule has 24 heavy (non-hydrogen) atoms. The highest BCUT2D eigenvalue weighted by atomic mass is 35.5. The van der Waals surface area contributed by atoms with Crippen LogP contribution in [-0.4, -0.2) is 16.6 Å². The monoisotopic (exact) mass is 374 g/mol. The molecule has 1 amide bonds. The second-order valence-corrected chi connectivity index (χ2v) is 7.46. The Labute approximate surface area is 154 Å². The van der Waals surface area contributed by atoms with Crippen molar-refractivity contribution in [3.8, 4) is 11.3 Å². The van der Waals surface area contributed by atoms with E-state index >= 15 is 0 Å². The molecule has 3 rings (SSSR count). The van der Waals surface area contributed by atoms with Crippen molar-refractivity contribution in [2.24, 2.45) is 0 Å². The zero-order valence-corrected chi connectivity index (χ0v) is 15.3. The van der Waals surface area contributed by atoms with Crippen LogP contribution in [0.5, 0.6) is 0 Å². The van der Waals surface area contributed by atoms with E-state index in [4.69, 9.17) is 11.6 Å². The van der Waals surface area contributed by atoms with Crippen LogP contribution in [0.1, 0.15) is 5.56 Å². The van der Waals surface area contributed by atoms with Crippen LogP contribution in [0, 0.1) is 6.92 Å². The van der Waals surface area contributed by atoms with Crippen molar-refractivity contribution in [3.63, 3.8) is 0 Å². The number of benzene rings is 2. The summed E-state index contributed by atoms with van der Waals surface area (Å²) < 4.78 is 0.